The van der Waals surface area contributed by atoms with Gasteiger partial charge in [-0.3, -0.25) is 14.0 Å². The normalized spacial score (nSPS) is 11.2. The third-order valence-electron chi connectivity index (χ3n) is 5.58. The molecule has 0 radical (unpaired) electrons. The minimum Gasteiger partial charge on any atom is -0.321 e. The van der Waals surface area contributed by atoms with Gasteiger partial charge in [0.1, 0.15) is 17.0 Å². The first-order valence-corrected chi connectivity index (χ1v) is 10.4. The highest BCUT2D eigenvalue weighted by Crippen LogP contribution is 2.21. The minimum atomic E-state index is -0.283. The number of benzene rings is 2. The smallest absolute Gasteiger partial charge is 0.272 e. The first-order chi connectivity index (χ1) is 15.5. The summed E-state index contributed by atoms with van der Waals surface area (Å²) >= 11 is 0. The maximum Gasteiger partial charge on any atom is 0.272 e. The second-order valence-corrected chi connectivity index (χ2v) is 7.96. The largest absolute Gasteiger partial charge is 0.321 e. The minimum absolute atomic E-state index is 0.190. The number of anilines is 1. The summed E-state index contributed by atoms with van der Waals surface area (Å²) in [5.41, 5.74) is 4.96. The van der Waals surface area contributed by atoms with Crippen LogP contribution >= 0.6 is 0 Å². The average Bonchev–Trinajstić information content (AvgIpc) is 3.14. The number of hydrogen-bond donors (Lipinski definition) is 1. The van der Waals surface area contributed by atoms with Gasteiger partial charge in [0.05, 0.1) is 5.39 Å². The van der Waals surface area contributed by atoms with E-state index in [1.807, 2.05) is 85.1 Å². The van der Waals surface area contributed by atoms with Crippen LogP contribution in [0.4, 0.5) is 5.69 Å². The number of amides is 1. The molecule has 32 heavy (non-hydrogen) atoms. The number of fused-ring (bicyclic) bond motifs is 2. The summed E-state index contributed by atoms with van der Waals surface area (Å²) in [6.45, 7) is 4.32. The van der Waals surface area contributed by atoms with Gasteiger partial charge in [-0.2, -0.15) is 0 Å². The van der Waals surface area contributed by atoms with Crippen LogP contribution in [0.15, 0.2) is 83.8 Å². The van der Waals surface area contributed by atoms with Crippen molar-refractivity contribution in [1.82, 2.24) is 14.0 Å². The summed E-state index contributed by atoms with van der Waals surface area (Å²) in [6.07, 6.45) is 1.71. The molecule has 0 unspecified atom stereocenters. The third-order valence-corrected chi connectivity index (χ3v) is 5.58. The van der Waals surface area contributed by atoms with Gasteiger partial charge in [0.15, 0.2) is 0 Å². The van der Waals surface area contributed by atoms with Crippen LogP contribution in [0, 0.1) is 13.8 Å². The fourth-order valence-corrected chi connectivity index (χ4v) is 3.99. The van der Waals surface area contributed by atoms with E-state index in [0.29, 0.717) is 34.6 Å². The van der Waals surface area contributed by atoms with Crippen molar-refractivity contribution in [3.63, 3.8) is 0 Å². The quantitative estimate of drug-likeness (QED) is 0.461. The zero-order valence-corrected chi connectivity index (χ0v) is 17.9. The van der Waals surface area contributed by atoms with Gasteiger partial charge in [0.2, 0.25) is 0 Å². The van der Waals surface area contributed by atoms with E-state index in [2.05, 4.69) is 5.32 Å². The molecule has 158 valence electrons. The van der Waals surface area contributed by atoms with Crippen molar-refractivity contribution in [2.45, 2.75) is 20.4 Å². The van der Waals surface area contributed by atoms with Crippen LogP contribution in [0.3, 0.4) is 0 Å². The Labute approximate surface area is 184 Å². The molecule has 0 aliphatic heterocycles. The highest BCUT2D eigenvalue weighted by molar-refractivity contribution is 6.06. The lowest BCUT2D eigenvalue weighted by Crippen LogP contribution is -2.18. The van der Waals surface area contributed by atoms with Gasteiger partial charge in [-0.25, -0.2) is 4.98 Å². The number of nitrogens with one attached hydrogen (secondary N) is 1. The topological polar surface area (TPSA) is 68.4 Å². The number of hydrogen-bond acceptors (Lipinski definition) is 3. The number of nitrogens with zero attached hydrogens (tertiary/aromatic N) is 3. The molecule has 3 aromatic heterocycles. The second kappa shape index (κ2) is 7.81. The Kier molecular flexibility index (Phi) is 4.82. The zero-order valence-electron chi connectivity index (χ0n) is 17.9. The summed E-state index contributed by atoms with van der Waals surface area (Å²) in [5, 5.41) is 3.38. The Morgan fingerprint density at radius 2 is 1.75 bits per heavy atom. The predicted molar refractivity (Wildman–Crippen MR) is 126 cm³/mol. The number of rotatable bonds is 4. The van der Waals surface area contributed by atoms with E-state index in [9.17, 15) is 9.59 Å². The van der Waals surface area contributed by atoms with Gasteiger partial charge in [-0.05, 0) is 54.8 Å². The van der Waals surface area contributed by atoms with Crippen molar-refractivity contribution < 1.29 is 4.79 Å². The van der Waals surface area contributed by atoms with E-state index in [1.54, 1.807) is 12.3 Å². The van der Waals surface area contributed by atoms with E-state index < -0.39 is 0 Å². The summed E-state index contributed by atoms with van der Waals surface area (Å²) in [7, 11) is 0. The molecular formula is C26H22N4O2. The van der Waals surface area contributed by atoms with Gasteiger partial charge in [0.25, 0.3) is 11.5 Å². The van der Waals surface area contributed by atoms with Gasteiger partial charge >= 0.3 is 0 Å². The molecule has 0 bridgehead atoms. The van der Waals surface area contributed by atoms with Crippen molar-refractivity contribution in [2.75, 3.05) is 5.32 Å². The van der Waals surface area contributed by atoms with Crippen LogP contribution in [0.1, 0.15) is 27.2 Å². The lowest BCUT2D eigenvalue weighted by atomic mass is 10.2. The molecule has 0 fully saturated rings. The average molecular weight is 422 g/mol. The van der Waals surface area contributed by atoms with Crippen molar-refractivity contribution in [3.05, 3.63) is 112 Å². The Morgan fingerprint density at radius 1 is 0.938 bits per heavy atom. The Balaban J connectivity index is 1.71. The van der Waals surface area contributed by atoms with Crippen molar-refractivity contribution in [3.8, 4) is 0 Å². The number of pyridine rings is 1. The van der Waals surface area contributed by atoms with Crippen LogP contribution in [0.5, 0.6) is 0 Å². The van der Waals surface area contributed by atoms with E-state index in [4.69, 9.17) is 4.98 Å². The van der Waals surface area contributed by atoms with Gasteiger partial charge in [-0.1, -0.05) is 48.5 Å². The fourth-order valence-electron chi connectivity index (χ4n) is 3.99. The maximum absolute atomic E-state index is 13.3. The van der Waals surface area contributed by atoms with Crippen molar-refractivity contribution in [1.29, 1.82) is 0 Å². The molecule has 0 atom stereocenters. The second-order valence-electron chi connectivity index (χ2n) is 7.96. The molecule has 2 aromatic carbocycles. The molecule has 0 spiro atoms. The molecule has 1 amide bonds. The highest BCUT2D eigenvalue weighted by Gasteiger charge is 2.20. The van der Waals surface area contributed by atoms with Crippen LogP contribution in [-0.2, 0) is 6.54 Å². The van der Waals surface area contributed by atoms with Crippen LogP contribution in [-0.4, -0.2) is 19.9 Å². The van der Waals surface area contributed by atoms with Gasteiger partial charge in [-0.15, -0.1) is 0 Å². The first-order valence-electron chi connectivity index (χ1n) is 10.4. The Bertz CT molecular complexity index is 1530. The summed E-state index contributed by atoms with van der Waals surface area (Å²) in [5.74, 6) is -0.283. The number of aryl methyl sites for hydroxylation is 2. The third kappa shape index (κ3) is 3.46. The Morgan fingerprint density at radius 3 is 2.53 bits per heavy atom. The first kappa shape index (κ1) is 19.8. The molecule has 0 saturated heterocycles. The van der Waals surface area contributed by atoms with Crippen LogP contribution in [0.25, 0.3) is 16.7 Å². The summed E-state index contributed by atoms with van der Waals surface area (Å²) in [4.78, 5) is 31.4. The van der Waals surface area contributed by atoms with Gasteiger partial charge < -0.3 is 9.88 Å². The number of aromatic nitrogens is 3. The van der Waals surface area contributed by atoms with E-state index in [1.165, 1.54) is 4.40 Å². The number of carbonyl (C=O) groups excluding carboxylic acids is 1. The number of carbonyl (C=O) groups is 1. The molecule has 1 N–H and O–H groups in total. The standard InChI is InChI=1S/C26H22N4O2/c1-17-8-6-12-20(14-17)27-25(31)22-15-21-24(30(22)16-19-10-4-3-5-11-19)28-23-18(2)9-7-13-29(23)26(21)32/h3-15H,16H2,1-2H3,(H,27,31). The van der Waals surface area contributed by atoms with Crippen molar-refractivity contribution >= 4 is 28.3 Å². The zero-order chi connectivity index (χ0) is 22.2. The SMILES string of the molecule is Cc1cccc(NC(=O)c2cc3c(=O)n4cccc(C)c4nc3n2Cc2ccccc2)c1. The highest BCUT2D eigenvalue weighted by atomic mass is 16.2. The summed E-state index contributed by atoms with van der Waals surface area (Å²) < 4.78 is 3.36. The molecular weight excluding hydrogens is 400 g/mol. The van der Waals surface area contributed by atoms with E-state index in [-0.39, 0.29) is 11.5 Å². The molecule has 0 aliphatic rings. The maximum atomic E-state index is 13.3. The van der Waals surface area contributed by atoms with E-state index in [0.717, 1.165) is 16.7 Å². The molecule has 5 aromatic rings. The molecule has 0 saturated carbocycles. The predicted octanol–water partition coefficient (Wildman–Crippen LogP) is 4.57. The van der Waals surface area contributed by atoms with Crippen LogP contribution in [0.2, 0.25) is 0 Å². The molecule has 0 aliphatic carbocycles. The van der Waals surface area contributed by atoms with E-state index >= 15 is 0 Å². The fraction of sp³-hybridized carbons (Fsp3) is 0.115. The molecule has 3 heterocycles. The Hall–Kier alpha value is -4.19. The monoisotopic (exact) mass is 422 g/mol. The van der Waals surface area contributed by atoms with Crippen molar-refractivity contribution in [2.24, 2.45) is 0 Å². The molecule has 6 nitrogen and oxygen atoms in total. The molecule has 6 heteroatoms. The molecule has 5 rings (SSSR count). The lowest BCUT2D eigenvalue weighted by Gasteiger charge is -2.12. The summed E-state index contributed by atoms with van der Waals surface area (Å²) in [6, 6.07) is 22.9. The van der Waals surface area contributed by atoms with Crippen LogP contribution < -0.4 is 10.9 Å². The van der Waals surface area contributed by atoms with Gasteiger partial charge in [0, 0.05) is 18.4 Å². The lowest BCUT2D eigenvalue weighted by molar-refractivity contribution is 0.101.